The highest BCUT2D eigenvalue weighted by molar-refractivity contribution is 6.27. The molecular formula is C16H18N2O4. The second-order valence-corrected chi connectivity index (χ2v) is 5.11. The first-order valence-electron chi connectivity index (χ1n) is 6.89. The van der Waals surface area contributed by atoms with Gasteiger partial charge in [-0.25, -0.2) is 9.59 Å². The smallest absolute Gasteiger partial charge is 0.414 e. The minimum atomic E-state index is -1.82. The van der Waals surface area contributed by atoms with Gasteiger partial charge in [-0.05, 0) is 36.7 Å². The lowest BCUT2D eigenvalue weighted by atomic mass is 9.98. The number of aromatic nitrogens is 1. The summed E-state index contributed by atoms with van der Waals surface area (Å²) in [4.78, 5) is 23.8. The van der Waals surface area contributed by atoms with Crippen molar-refractivity contribution in [3.05, 3.63) is 42.1 Å². The van der Waals surface area contributed by atoms with Gasteiger partial charge in [0.05, 0.1) is 0 Å². The largest absolute Gasteiger partial charge is 0.473 e. The number of carboxylic acid groups (broad SMARTS) is 2. The molecule has 0 atom stereocenters. The van der Waals surface area contributed by atoms with Gasteiger partial charge in [-0.3, -0.25) is 0 Å². The van der Waals surface area contributed by atoms with Crippen molar-refractivity contribution in [1.29, 1.82) is 0 Å². The fourth-order valence-electron chi connectivity index (χ4n) is 2.45. The molecule has 0 aliphatic carbocycles. The Morgan fingerprint density at radius 2 is 1.91 bits per heavy atom. The number of benzene rings is 1. The molecule has 0 saturated heterocycles. The van der Waals surface area contributed by atoms with Gasteiger partial charge in [0.25, 0.3) is 0 Å². The highest BCUT2D eigenvalue weighted by Crippen LogP contribution is 2.27. The second-order valence-electron chi connectivity index (χ2n) is 5.11. The van der Waals surface area contributed by atoms with Crippen LogP contribution in [0.4, 0.5) is 0 Å². The molecule has 22 heavy (non-hydrogen) atoms. The fourth-order valence-corrected chi connectivity index (χ4v) is 2.45. The molecule has 1 aromatic heterocycles. The molecule has 2 heterocycles. The van der Waals surface area contributed by atoms with Crippen LogP contribution in [0.15, 0.2) is 36.5 Å². The first kappa shape index (κ1) is 15.8. The number of carboxylic acids is 2. The molecule has 6 nitrogen and oxygen atoms in total. The third-order valence-corrected chi connectivity index (χ3v) is 3.47. The Hall–Kier alpha value is -2.60. The zero-order valence-electron chi connectivity index (χ0n) is 12.2. The van der Waals surface area contributed by atoms with Crippen LogP contribution in [0, 0.1) is 0 Å². The van der Waals surface area contributed by atoms with Crippen LogP contribution in [0.1, 0.15) is 12.0 Å². The van der Waals surface area contributed by atoms with E-state index in [4.69, 9.17) is 19.8 Å². The summed E-state index contributed by atoms with van der Waals surface area (Å²) in [6.45, 7) is 2.23. The van der Waals surface area contributed by atoms with Gasteiger partial charge in [-0.15, -0.1) is 0 Å². The summed E-state index contributed by atoms with van der Waals surface area (Å²) in [6.07, 6.45) is 5.55. The number of aromatic amines is 1. The topological polar surface area (TPSA) is 93.6 Å². The second kappa shape index (κ2) is 6.91. The number of nitrogens with zero attached hydrogens (tertiary/aromatic N) is 1. The van der Waals surface area contributed by atoms with E-state index in [-0.39, 0.29) is 0 Å². The Labute approximate surface area is 127 Å². The van der Waals surface area contributed by atoms with Crippen LogP contribution in [0.2, 0.25) is 0 Å². The van der Waals surface area contributed by atoms with Crippen molar-refractivity contribution in [2.75, 3.05) is 20.1 Å². The summed E-state index contributed by atoms with van der Waals surface area (Å²) in [5, 5.41) is 16.1. The van der Waals surface area contributed by atoms with E-state index in [1.165, 1.54) is 28.6 Å². The summed E-state index contributed by atoms with van der Waals surface area (Å²) < 4.78 is 0. The van der Waals surface area contributed by atoms with Gasteiger partial charge in [0, 0.05) is 30.2 Å². The monoisotopic (exact) mass is 302 g/mol. The molecule has 2 aromatic rings. The maximum absolute atomic E-state index is 9.10. The third kappa shape index (κ3) is 3.73. The van der Waals surface area contributed by atoms with Crippen molar-refractivity contribution >= 4 is 28.4 Å². The molecule has 6 heteroatoms. The number of hydrogen-bond acceptors (Lipinski definition) is 3. The summed E-state index contributed by atoms with van der Waals surface area (Å²) in [6, 6.07) is 8.65. The molecule has 0 unspecified atom stereocenters. The predicted molar refractivity (Wildman–Crippen MR) is 83.7 cm³/mol. The van der Waals surface area contributed by atoms with Crippen molar-refractivity contribution in [3.63, 3.8) is 0 Å². The average molecular weight is 302 g/mol. The Morgan fingerprint density at radius 1 is 1.18 bits per heavy atom. The zero-order valence-corrected chi connectivity index (χ0v) is 12.2. The summed E-state index contributed by atoms with van der Waals surface area (Å²) in [5.74, 6) is -3.65. The molecule has 1 aliphatic heterocycles. The lowest BCUT2D eigenvalue weighted by molar-refractivity contribution is -0.159. The number of aliphatic carboxylic acids is 2. The Kier molecular flexibility index (Phi) is 4.95. The Morgan fingerprint density at radius 3 is 2.55 bits per heavy atom. The van der Waals surface area contributed by atoms with Gasteiger partial charge < -0.3 is 20.1 Å². The van der Waals surface area contributed by atoms with Gasteiger partial charge in [-0.1, -0.05) is 18.2 Å². The van der Waals surface area contributed by atoms with E-state index in [2.05, 4.69) is 47.3 Å². The molecule has 1 aromatic carbocycles. The molecule has 0 radical (unpaired) electrons. The number of carbonyl (C=O) groups is 2. The molecule has 0 bridgehead atoms. The summed E-state index contributed by atoms with van der Waals surface area (Å²) in [7, 11) is 2.18. The standard InChI is InChI=1S/C14H16N2.C2H2O4/c1-16-9-3-4-11(10-16)12-5-2-6-14-13(12)7-8-15-14;3-1(4)2(5)6/h2,4-8,15H,3,9-10H2,1H3;(H,3,4)(H,5,6). The Bertz CT molecular complexity index is 706. The van der Waals surface area contributed by atoms with E-state index in [1.54, 1.807) is 0 Å². The number of nitrogens with one attached hydrogen (secondary N) is 1. The van der Waals surface area contributed by atoms with E-state index in [1.807, 2.05) is 6.20 Å². The van der Waals surface area contributed by atoms with E-state index in [0.717, 1.165) is 13.0 Å². The van der Waals surface area contributed by atoms with Gasteiger partial charge in [-0.2, -0.15) is 0 Å². The zero-order chi connectivity index (χ0) is 16.1. The van der Waals surface area contributed by atoms with Crippen LogP contribution in [0.5, 0.6) is 0 Å². The van der Waals surface area contributed by atoms with Crippen molar-refractivity contribution in [2.24, 2.45) is 0 Å². The molecule has 3 N–H and O–H groups in total. The molecule has 1 aliphatic rings. The maximum Gasteiger partial charge on any atom is 0.414 e. The number of hydrogen-bond donors (Lipinski definition) is 3. The molecule has 3 rings (SSSR count). The number of likely N-dealkylation sites (N-methyl/N-ethyl adjacent to an activating group) is 1. The minimum absolute atomic E-state index is 1.06. The molecule has 0 fully saturated rings. The van der Waals surface area contributed by atoms with Gasteiger partial charge in [0.2, 0.25) is 0 Å². The minimum Gasteiger partial charge on any atom is -0.473 e. The van der Waals surface area contributed by atoms with E-state index in [0.29, 0.717) is 0 Å². The number of rotatable bonds is 1. The number of fused-ring (bicyclic) bond motifs is 1. The molecule has 116 valence electrons. The first-order chi connectivity index (χ1) is 10.5. The van der Waals surface area contributed by atoms with Crippen LogP contribution < -0.4 is 0 Å². The quantitative estimate of drug-likeness (QED) is 0.701. The molecule has 0 amide bonds. The van der Waals surface area contributed by atoms with Crippen LogP contribution in [0.3, 0.4) is 0 Å². The van der Waals surface area contributed by atoms with Crippen LogP contribution in [0.25, 0.3) is 16.5 Å². The fraction of sp³-hybridized carbons (Fsp3) is 0.250. The van der Waals surface area contributed by atoms with E-state index >= 15 is 0 Å². The SMILES string of the molecule is CN1CCC=C(c2cccc3[nH]ccc23)C1.O=C(O)C(=O)O. The van der Waals surface area contributed by atoms with E-state index < -0.39 is 11.9 Å². The van der Waals surface area contributed by atoms with Crippen molar-refractivity contribution in [3.8, 4) is 0 Å². The van der Waals surface area contributed by atoms with Crippen LogP contribution >= 0.6 is 0 Å². The molecular weight excluding hydrogens is 284 g/mol. The maximum atomic E-state index is 9.10. The first-order valence-corrected chi connectivity index (χ1v) is 6.89. The molecule has 0 saturated carbocycles. The average Bonchev–Trinajstić information content (AvgIpc) is 2.96. The van der Waals surface area contributed by atoms with Crippen molar-refractivity contribution < 1.29 is 19.8 Å². The van der Waals surface area contributed by atoms with Crippen molar-refractivity contribution in [2.45, 2.75) is 6.42 Å². The lowest BCUT2D eigenvalue weighted by Gasteiger charge is -2.23. The van der Waals surface area contributed by atoms with Crippen LogP contribution in [-0.2, 0) is 9.59 Å². The summed E-state index contributed by atoms with van der Waals surface area (Å²) in [5.41, 5.74) is 4.07. The van der Waals surface area contributed by atoms with Crippen LogP contribution in [-0.4, -0.2) is 52.2 Å². The van der Waals surface area contributed by atoms with Gasteiger partial charge >= 0.3 is 11.9 Å². The van der Waals surface area contributed by atoms with Crippen molar-refractivity contribution in [1.82, 2.24) is 9.88 Å². The van der Waals surface area contributed by atoms with E-state index in [9.17, 15) is 0 Å². The molecule has 0 spiro atoms. The Balaban J connectivity index is 0.000000254. The normalized spacial score (nSPS) is 14.9. The number of H-pyrrole nitrogens is 1. The summed E-state index contributed by atoms with van der Waals surface area (Å²) >= 11 is 0. The predicted octanol–water partition coefficient (Wildman–Crippen LogP) is 2.04. The highest BCUT2D eigenvalue weighted by atomic mass is 16.4. The van der Waals surface area contributed by atoms with Gasteiger partial charge in [0.1, 0.15) is 0 Å². The lowest BCUT2D eigenvalue weighted by Crippen LogP contribution is -2.24. The third-order valence-electron chi connectivity index (χ3n) is 3.47. The highest BCUT2D eigenvalue weighted by Gasteiger charge is 2.12. The van der Waals surface area contributed by atoms with Gasteiger partial charge in [0.15, 0.2) is 0 Å².